The predicted molar refractivity (Wildman–Crippen MR) is 59.6 cm³/mol. The Balaban J connectivity index is 2.24. The van der Waals surface area contributed by atoms with Crippen LogP contribution in [0.25, 0.3) is 0 Å². The van der Waals surface area contributed by atoms with E-state index in [1.807, 2.05) is 13.8 Å². The summed E-state index contributed by atoms with van der Waals surface area (Å²) in [5, 5.41) is 12.4. The molecule has 1 aliphatic carbocycles. The molecule has 0 atom stereocenters. The summed E-state index contributed by atoms with van der Waals surface area (Å²) >= 11 is 0. The normalized spacial score (nSPS) is 16.5. The molecule has 88 valence electrons. The molecule has 0 aromatic rings. The van der Waals surface area contributed by atoms with Crippen LogP contribution < -0.4 is 5.32 Å². The number of aliphatic hydroxyl groups is 1. The molecule has 0 aliphatic heterocycles. The highest BCUT2D eigenvalue weighted by atomic mass is 16.3. The second-order valence-corrected chi connectivity index (χ2v) is 4.90. The van der Waals surface area contributed by atoms with Gasteiger partial charge in [0, 0.05) is 26.1 Å². The Kier molecular flexibility index (Phi) is 4.11. The molecule has 1 saturated carbocycles. The van der Waals surface area contributed by atoms with Crippen LogP contribution in [0.15, 0.2) is 0 Å². The van der Waals surface area contributed by atoms with Crippen LogP contribution >= 0.6 is 0 Å². The van der Waals surface area contributed by atoms with E-state index < -0.39 is 5.54 Å². The van der Waals surface area contributed by atoms with Crippen LogP contribution in [0.1, 0.15) is 33.1 Å². The first kappa shape index (κ1) is 12.5. The highest BCUT2D eigenvalue weighted by Gasteiger charge is 2.27. The van der Waals surface area contributed by atoms with Crippen molar-refractivity contribution in [2.45, 2.75) is 44.7 Å². The van der Waals surface area contributed by atoms with E-state index in [1.54, 1.807) is 11.9 Å². The van der Waals surface area contributed by atoms with Crippen molar-refractivity contribution in [3.05, 3.63) is 0 Å². The highest BCUT2D eigenvalue weighted by Crippen LogP contribution is 2.18. The van der Waals surface area contributed by atoms with E-state index in [4.69, 9.17) is 5.11 Å². The second-order valence-electron chi connectivity index (χ2n) is 4.90. The molecule has 0 unspecified atom stereocenters. The summed E-state index contributed by atoms with van der Waals surface area (Å²) in [6, 6.07) is 0.647. The number of carbonyl (C=O) groups excluding carboxylic acids is 1. The van der Waals surface area contributed by atoms with Gasteiger partial charge in [-0.05, 0) is 26.7 Å². The van der Waals surface area contributed by atoms with Crippen LogP contribution in [-0.2, 0) is 4.79 Å². The number of aliphatic hydroxyl groups excluding tert-OH is 1. The Labute approximate surface area is 91.6 Å². The fourth-order valence-corrected chi connectivity index (χ4v) is 1.28. The van der Waals surface area contributed by atoms with Crippen molar-refractivity contribution in [1.82, 2.24) is 10.2 Å². The summed E-state index contributed by atoms with van der Waals surface area (Å²) in [7, 11) is 1.75. The number of amides is 1. The minimum Gasteiger partial charge on any atom is -0.394 e. The van der Waals surface area contributed by atoms with Gasteiger partial charge in [0.1, 0.15) is 0 Å². The van der Waals surface area contributed by atoms with E-state index in [2.05, 4.69) is 5.32 Å². The maximum atomic E-state index is 11.7. The van der Waals surface area contributed by atoms with E-state index in [0.29, 0.717) is 12.5 Å². The predicted octanol–water partition coefficient (Wildman–Crippen LogP) is 0.358. The molecule has 0 aromatic carbocycles. The first-order chi connectivity index (χ1) is 6.97. The van der Waals surface area contributed by atoms with Crippen LogP contribution in [0.4, 0.5) is 0 Å². The summed E-state index contributed by atoms with van der Waals surface area (Å²) in [6.45, 7) is 4.46. The zero-order valence-corrected chi connectivity index (χ0v) is 9.92. The molecular formula is C11H22N2O2. The Morgan fingerprint density at radius 3 is 2.60 bits per heavy atom. The Morgan fingerprint density at radius 1 is 1.53 bits per heavy atom. The average molecular weight is 214 g/mol. The molecule has 0 radical (unpaired) electrons. The van der Waals surface area contributed by atoms with Crippen molar-refractivity contribution in [3.63, 3.8) is 0 Å². The maximum Gasteiger partial charge on any atom is 0.224 e. The van der Waals surface area contributed by atoms with Gasteiger partial charge in [0.15, 0.2) is 0 Å². The third-order valence-corrected chi connectivity index (χ3v) is 3.02. The lowest BCUT2D eigenvalue weighted by molar-refractivity contribution is -0.135. The number of rotatable bonds is 6. The Hall–Kier alpha value is -0.610. The number of hydrogen-bond donors (Lipinski definition) is 2. The minimum absolute atomic E-state index is 0.00864. The highest BCUT2D eigenvalue weighted by molar-refractivity contribution is 5.76. The lowest BCUT2D eigenvalue weighted by Crippen LogP contribution is -2.48. The van der Waals surface area contributed by atoms with E-state index in [9.17, 15) is 4.79 Å². The molecule has 0 spiro atoms. The molecule has 1 amide bonds. The zero-order valence-electron chi connectivity index (χ0n) is 9.92. The lowest BCUT2D eigenvalue weighted by atomic mass is 10.0. The van der Waals surface area contributed by atoms with Gasteiger partial charge in [0.2, 0.25) is 5.91 Å². The van der Waals surface area contributed by atoms with Crippen molar-refractivity contribution in [2.24, 2.45) is 0 Å². The van der Waals surface area contributed by atoms with E-state index in [1.165, 1.54) is 12.8 Å². The summed E-state index contributed by atoms with van der Waals surface area (Å²) < 4.78 is 0. The van der Waals surface area contributed by atoms with Crippen molar-refractivity contribution < 1.29 is 9.90 Å². The number of hydrogen-bond acceptors (Lipinski definition) is 3. The summed E-state index contributed by atoms with van der Waals surface area (Å²) in [4.78, 5) is 13.4. The van der Waals surface area contributed by atoms with Crippen LogP contribution in [-0.4, -0.2) is 47.7 Å². The fraction of sp³-hybridized carbons (Fsp3) is 0.909. The molecule has 1 fully saturated rings. The quantitative estimate of drug-likeness (QED) is 0.671. The van der Waals surface area contributed by atoms with Gasteiger partial charge in [0.25, 0.3) is 0 Å². The van der Waals surface area contributed by atoms with Gasteiger partial charge in [-0.15, -0.1) is 0 Å². The van der Waals surface area contributed by atoms with Gasteiger partial charge >= 0.3 is 0 Å². The summed E-state index contributed by atoms with van der Waals surface area (Å²) in [6.07, 6.45) is 2.99. The third kappa shape index (κ3) is 3.80. The monoisotopic (exact) mass is 214 g/mol. The largest absolute Gasteiger partial charge is 0.394 e. The van der Waals surface area contributed by atoms with Crippen LogP contribution in [0, 0.1) is 0 Å². The Bertz CT molecular complexity index is 225. The number of nitrogens with zero attached hydrogens (tertiary/aromatic N) is 1. The van der Waals surface area contributed by atoms with Crippen LogP contribution in [0.5, 0.6) is 0 Å². The molecule has 1 rings (SSSR count). The standard InChI is InChI=1S/C11H22N2O2/c1-11(2,8-14)13(3)10(15)6-7-12-9-4-5-9/h9,12,14H,4-8H2,1-3H3. The Morgan fingerprint density at radius 2 is 2.13 bits per heavy atom. The van der Waals surface area contributed by atoms with Crippen LogP contribution in [0.2, 0.25) is 0 Å². The number of nitrogens with one attached hydrogen (secondary N) is 1. The number of carbonyl (C=O) groups is 1. The summed E-state index contributed by atoms with van der Waals surface area (Å²) in [5.74, 6) is 0.0854. The number of likely N-dealkylation sites (N-methyl/N-ethyl adjacent to an activating group) is 1. The lowest BCUT2D eigenvalue weighted by Gasteiger charge is -2.34. The first-order valence-electron chi connectivity index (χ1n) is 5.58. The SMILES string of the molecule is CN(C(=O)CCNC1CC1)C(C)(C)CO. The van der Waals surface area contributed by atoms with E-state index in [-0.39, 0.29) is 12.5 Å². The summed E-state index contributed by atoms with van der Waals surface area (Å²) in [5.41, 5.74) is -0.462. The molecule has 15 heavy (non-hydrogen) atoms. The molecule has 1 aliphatic rings. The van der Waals surface area contributed by atoms with Crippen molar-refractivity contribution >= 4 is 5.91 Å². The van der Waals surface area contributed by atoms with E-state index in [0.717, 1.165) is 6.54 Å². The molecule has 0 aromatic heterocycles. The molecular weight excluding hydrogens is 192 g/mol. The smallest absolute Gasteiger partial charge is 0.224 e. The van der Waals surface area contributed by atoms with Crippen molar-refractivity contribution in [3.8, 4) is 0 Å². The van der Waals surface area contributed by atoms with Crippen molar-refractivity contribution in [1.29, 1.82) is 0 Å². The zero-order chi connectivity index (χ0) is 11.5. The molecule has 0 heterocycles. The van der Waals surface area contributed by atoms with Gasteiger partial charge < -0.3 is 15.3 Å². The fourth-order valence-electron chi connectivity index (χ4n) is 1.28. The van der Waals surface area contributed by atoms with Gasteiger partial charge in [-0.25, -0.2) is 0 Å². The molecule has 0 bridgehead atoms. The third-order valence-electron chi connectivity index (χ3n) is 3.02. The molecule has 4 nitrogen and oxygen atoms in total. The molecule has 2 N–H and O–H groups in total. The van der Waals surface area contributed by atoms with E-state index >= 15 is 0 Å². The van der Waals surface area contributed by atoms with Gasteiger partial charge in [-0.1, -0.05) is 0 Å². The minimum atomic E-state index is -0.462. The van der Waals surface area contributed by atoms with Gasteiger partial charge in [-0.2, -0.15) is 0 Å². The second kappa shape index (κ2) is 4.94. The molecule has 0 saturated heterocycles. The van der Waals surface area contributed by atoms with Gasteiger partial charge in [-0.3, -0.25) is 4.79 Å². The average Bonchev–Trinajstić information content (AvgIpc) is 3.00. The first-order valence-corrected chi connectivity index (χ1v) is 5.58. The molecule has 4 heteroatoms. The van der Waals surface area contributed by atoms with Crippen molar-refractivity contribution in [2.75, 3.05) is 20.2 Å². The topological polar surface area (TPSA) is 52.6 Å². The maximum absolute atomic E-state index is 11.7. The van der Waals surface area contributed by atoms with Crippen LogP contribution in [0.3, 0.4) is 0 Å². The van der Waals surface area contributed by atoms with Gasteiger partial charge in [0.05, 0.1) is 12.1 Å².